The minimum absolute atomic E-state index is 0.0409. The first-order chi connectivity index (χ1) is 9.40. The first-order valence-electron chi connectivity index (χ1n) is 6.20. The lowest BCUT2D eigenvalue weighted by molar-refractivity contribution is -0.276. The first-order valence-corrected chi connectivity index (χ1v) is 6.20. The van der Waals surface area contributed by atoms with Gasteiger partial charge >= 0.3 is 6.36 Å². The first kappa shape index (κ1) is 13.2. The van der Waals surface area contributed by atoms with Gasteiger partial charge in [0.2, 0.25) is 11.8 Å². The number of nitrogens with one attached hydrogen (secondary N) is 2. The van der Waals surface area contributed by atoms with Gasteiger partial charge in [-0.3, -0.25) is 4.79 Å². The number of carbonyl (C=O) groups is 1. The number of ether oxygens (including phenoxy) is 1. The highest BCUT2D eigenvalue weighted by Crippen LogP contribution is 2.40. The SMILES string of the molecule is O=C(Nc1cccc(OC(F)(F)F)n1)C1CC2CC2N1. The number of hydrogen-bond acceptors (Lipinski definition) is 4. The minimum atomic E-state index is -4.80. The third kappa shape index (κ3) is 3.01. The van der Waals surface area contributed by atoms with E-state index in [1.54, 1.807) is 0 Å². The summed E-state index contributed by atoms with van der Waals surface area (Å²) in [6, 6.07) is 3.94. The Morgan fingerprint density at radius 2 is 2.20 bits per heavy atom. The van der Waals surface area contributed by atoms with Crippen LogP contribution in [0.1, 0.15) is 12.8 Å². The highest BCUT2D eigenvalue weighted by atomic mass is 19.4. The Labute approximate surface area is 112 Å². The van der Waals surface area contributed by atoms with Crippen LogP contribution in [0.15, 0.2) is 18.2 Å². The van der Waals surface area contributed by atoms with Gasteiger partial charge in [0.1, 0.15) is 5.82 Å². The van der Waals surface area contributed by atoms with Crippen LogP contribution in [0.5, 0.6) is 5.88 Å². The van der Waals surface area contributed by atoms with Crippen molar-refractivity contribution in [2.75, 3.05) is 5.32 Å². The van der Waals surface area contributed by atoms with E-state index in [0.717, 1.165) is 18.9 Å². The molecule has 0 spiro atoms. The lowest BCUT2D eigenvalue weighted by Gasteiger charge is -2.13. The molecule has 8 heteroatoms. The molecule has 2 fully saturated rings. The number of piperidine rings is 1. The van der Waals surface area contributed by atoms with E-state index in [0.29, 0.717) is 12.0 Å². The van der Waals surface area contributed by atoms with Gasteiger partial charge in [-0.05, 0) is 24.8 Å². The Morgan fingerprint density at radius 1 is 1.40 bits per heavy atom. The fraction of sp³-hybridized carbons (Fsp3) is 0.500. The van der Waals surface area contributed by atoms with Gasteiger partial charge in [-0.25, -0.2) is 0 Å². The van der Waals surface area contributed by atoms with Gasteiger partial charge in [-0.1, -0.05) is 6.07 Å². The van der Waals surface area contributed by atoms with E-state index in [1.165, 1.54) is 12.1 Å². The molecule has 3 unspecified atom stereocenters. The van der Waals surface area contributed by atoms with E-state index in [1.807, 2.05) is 0 Å². The normalized spacial score (nSPS) is 27.9. The van der Waals surface area contributed by atoms with Crippen molar-refractivity contribution < 1.29 is 22.7 Å². The van der Waals surface area contributed by atoms with Gasteiger partial charge in [0.05, 0.1) is 6.04 Å². The Kier molecular flexibility index (Phi) is 3.04. The summed E-state index contributed by atoms with van der Waals surface area (Å²) in [5.41, 5.74) is 0. The molecule has 0 aromatic carbocycles. The molecule has 2 N–H and O–H groups in total. The summed E-state index contributed by atoms with van der Waals surface area (Å²) in [5, 5.41) is 5.64. The number of amides is 1. The number of halogens is 3. The van der Waals surface area contributed by atoms with E-state index in [4.69, 9.17) is 0 Å². The Balaban J connectivity index is 1.62. The van der Waals surface area contributed by atoms with Crippen LogP contribution in [-0.2, 0) is 4.79 Å². The van der Waals surface area contributed by atoms with E-state index in [-0.39, 0.29) is 17.8 Å². The molecule has 20 heavy (non-hydrogen) atoms. The van der Waals surface area contributed by atoms with Crippen LogP contribution in [-0.4, -0.2) is 29.3 Å². The molecule has 1 aliphatic carbocycles. The molecule has 1 aliphatic heterocycles. The van der Waals surface area contributed by atoms with Crippen molar-refractivity contribution in [2.24, 2.45) is 5.92 Å². The molecule has 2 aliphatic rings. The van der Waals surface area contributed by atoms with E-state index >= 15 is 0 Å². The van der Waals surface area contributed by atoms with Crippen LogP contribution in [0.3, 0.4) is 0 Å². The molecule has 0 bridgehead atoms. The zero-order chi connectivity index (χ0) is 14.3. The average Bonchev–Trinajstić information content (AvgIpc) is 2.94. The Morgan fingerprint density at radius 3 is 2.85 bits per heavy atom. The zero-order valence-electron chi connectivity index (χ0n) is 10.3. The van der Waals surface area contributed by atoms with Crippen LogP contribution in [0.2, 0.25) is 0 Å². The fourth-order valence-electron chi connectivity index (χ4n) is 2.40. The van der Waals surface area contributed by atoms with Gasteiger partial charge in [0.15, 0.2) is 0 Å². The standard InChI is InChI=1S/C12H12F3N3O2/c13-12(14,15)20-10-3-1-2-9(17-10)18-11(19)8-5-6-4-7(6)16-8/h1-3,6-8,16H,4-5H2,(H,17,18,19). The minimum Gasteiger partial charge on any atom is -0.388 e. The smallest absolute Gasteiger partial charge is 0.388 e. The van der Waals surface area contributed by atoms with Crippen molar-refractivity contribution in [3.63, 3.8) is 0 Å². The second-order valence-corrected chi connectivity index (χ2v) is 4.96. The van der Waals surface area contributed by atoms with Gasteiger partial charge < -0.3 is 15.4 Å². The molecule has 1 amide bonds. The van der Waals surface area contributed by atoms with E-state index in [2.05, 4.69) is 20.4 Å². The number of fused-ring (bicyclic) bond motifs is 1. The van der Waals surface area contributed by atoms with Gasteiger partial charge in [-0.2, -0.15) is 4.98 Å². The van der Waals surface area contributed by atoms with Crippen LogP contribution < -0.4 is 15.4 Å². The van der Waals surface area contributed by atoms with Gasteiger partial charge in [0.25, 0.3) is 0 Å². The van der Waals surface area contributed by atoms with Gasteiger partial charge in [0, 0.05) is 12.1 Å². The Hall–Kier alpha value is -1.83. The molecule has 108 valence electrons. The maximum absolute atomic E-state index is 12.1. The van der Waals surface area contributed by atoms with E-state index < -0.39 is 12.2 Å². The molecule has 1 aromatic rings. The van der Waals surface area contributed by atoms with Gasteiger partial charge in [-0.15, -0.1) is 13.2 Å². The third-order valence-electron chi connectivity index (χ3n) is 3.39. The molecule has 3 rings (SSSR count). The molecule has 1 saturated heterocycles. The van der Waals surface area contributed by atoms with E-state index in [9.17, 15) is 18.0 Å². The highest BCUT2D eigenvalue weighted by molar-refractivity contribution is 5.94. The quantitative estimate of drug-likeness (QED) is 0.887. The Bertz CT molecular complexity index is 525. The zero-order valence-corrected chi connectivity index (χ0v) is 10.3. The summed E-state index contributed by atoms with van der Waals surface area (Å²) in [5.74, 6) is -0.288. The lowest BCUT2D eigenvalue weighted by Crippen LogP contribution is -2.38. The predicted molar refractivity (Wildman–Crippen MR) is 63.0 cm³/mol. The summed E-state index contributed by atoms with van der Waals surface area (Å²) < 4.78 is 39.9. The summed E-state index contributed by atoms with van der Waals surface area (Å²) in [7, 11) is 0. The summed E-state index contributed by atoms with van der Waals surface area (Å²) in [6.07, 6.45) is -2.95. The average molecular weight is 287 g/mol. The maximum atomic E-state index is 12.1. The second-order valence-electron chi connectivity index (χ2n) is 4.96. The number of pyridine rings is 1. The predicted octanol–water partition coefficient (Wildman–Crippen LogP) is 1.67. The number of anilines is 1. The molecule has 2 heterocycles. The van der Waals surface area contributed by atoms with Crippen molar-refractivity contribution in [3.05, 3.63) is 18.2 Å². The third-order valence-corrected chi connectivity index (χ3v) is 3.39. The molecule has 1 aromatic heterocycles. The summed E-state index contributed by atoms with van der Waals surface area (Å²) in [6.45, 7) is 0. The van der Waals surface area contributed by atoms with Crippen molar-refractivity contribution in [2.45, 2.75) is 31.3 Å². The number of nitrogens with zero attached hydrogens (tertiary/aromatic N) is 1. The molecular weight excluding hydrogens is 275 g/mol. The topological polar surface area (TPSA) is 63.2 Å². The van der Waals surface area contributed by atoms with Crippen LogP contribution in [0.4, 0.5) is 19.0 Å². The number of carbonyl (C=O) groups excluding carboxylic acids is 1. The molecule has 5 nitrogen and oxygen atoms in total. The molecular formula is C12H12F3N3O2. The summed E-state index contributed by atoms with van der Waals surface area (Å²) >= 11 is 0. The second kappa shape index (κ2) is 4.62. The number of alkyl halides is 3. The number of aromatic nitrogens is 1. The highest BCUT2D eigenvalue weighted by Gasteiger charge is 2.47. The van der Waals surface area contributed by atoms with Crippen molar-refractivity contribution in [1.82, 2.24) is 10.3 Å². The number of hydrogen-bond donors (Lipinski definition) is 2. The van der Waals surface area contributed by atoms with Crippen LogP contribution >= 0.6 is 0 Å². The maximum Gasteiger partial charge on any atom is 0.574 e. The van der Waals surface area contributed by atoms with Crippen molar-refractivity contribution in [1.29, 1.82) is 0 Å². The summed E-state index contributed by atoms with van der Waals surface area (Å²) in [4.78, 5) is 15.5. The van der Waals surface area contributed by atoms with Crippen molar-refractivity contribution in [3.8, 4) is 5.88 Å². The molecule has 0 radical (unpaired) electrons. The number of rotatable bonds is 3. The molecule has 3 atom stereocenters. The largest absolute Gasteiger partial charge is 0.574 e. The molecule has 1 saturated carbocycles. The monoisotopic (exact) mass is 287 g/mol. The van der Waals surface area contributed by atoms with Crippen LogP contribution in [0, 0.1) is 5.92 Å². The lowest BCUT2D eigenvalue weighted by atomic mass is 10.2. The fourth-order valence-corrected chi connectivity index (χ4v) is 2.40. The van der Waals surface area contributed by atoms with Crippen molar-refractivity contribution >= 4 is 11.7 Å². The van der Waals surface area contributed by atoms with Crippen LogP contribution in [0.25, 0.3) is 0 Å².